The standard InChI is InChI=1S/C12H23NOS/c1-4-10(9-15-3)13(2)11-5-7-12(14)8-6-11/h10-11H,4-9H2,1-3H3. The van der Waals surface area contributed by atoms with E-state index < -0.39 is 0 Å². The molecule has 88 valence electrons. The molecule has 1 fully saturated rings. The molecule has 0 aromatic carbocycles. The zero-order valence-corrected chi connectivity index (χ0v) is 11.0. The van der Waals surface area contributed by atoms with Gasteiger partial charge in [0.05, 0.1) is 0 Å². The summed E-state index contributed by atoms with van der Waals surface area (Å²) >= 11 is 1.92. The van der Waals surface area contributed by atoms with Crippen LogP contribution in [0.15, 0.2) is 0 Å². The van der Waals surface area contributed by atoms with E-state index in [4.69, 9.17) is 0 Å². The molecule has 1 aliphatic rings. The van der Waals surface area contributed by atoms with E-state index in [1.165, 1.54) is 12.2 Å². The molecular formula is C12H23NOS. The van der Waals surface area contributed by atoms with Gasteiger partial charge in [-0.1, -0.05) is 6.92 Å². The van der Waals surface area contributed by atoms with Gasteiger partial charge in [0.2, 0.25) is 0 Å². The molecule has 1 aliphatic carbocycles. The largest absolute Gasteiger partial charge is 0.300 e. The molecule has 0 saturated heterocycles. The first-order valence-electron chi connectivity index (χ1n) is 5.91. The van der Waals surface area contributed by atoms with Crippen molar-refractivity contribution in [2.24, 2.45) is 0 Å². The third-order valence-electron chi connectivity index (χ3n) is 3.50. The van der Waals surface area contributed by atoms with Crippen LogP contribution in [0.5, 0.6) is 0 Å². The van der Waals surface area contributed by atoms with Crippen molar-refractivity contribution < 1.29 is 4.79 Å². The summed E-state index contributed by atoms with van der Waals surface area (Å²) in [7, 11) is 2.23. The molecule has 0 spiro atoms. The number of carbonyl (C=O) groups excluding carboxylic acids is 1. The van der Waals surface area contributed by atoms with Crippen LogP contribution in [0.1, 0.15) is 39.0 Å². The second-order valence-corrected chi connectivity index (χ2v) is 5.36. The lowest BCUT2D eigenvalue weighted by Gasteiger charge is -2.36. The minimum absolute atomic E-state index is 0.456. The zero-order chi connectivity index (χ0) is 11.3. The molecular weight excluding hydrogens is 206 g/mol. The number of ketones is 1. The van der Waals surface area contributed by atoms with Crippen LogP contribution >= 0.6 is 11.8 Å². The predicted octanol–water partition coefficient (Wildman–Crippen LogP) is 2.57. The highest BCUT2D eigenvalue weighted by molar-refractivity contribution is 7.98. The van der Waals surface area contributed by atoms with E-state index in [0.29, 0.717) is 17.9 Å². The van der Waals surface area contributed by atoms with Gasteiger partial charge in [-0.05, 0) is 32.6 Å². The van der Waals surface area contributed by atoms with Crippen LogP contribution in [0.3, 0.4) is 0 Å². The Bertz CT molecular complexity index is 198. The summed E-state index contributed by atoms with van der Waals surface area (Å²) in [5, 5.41) is 0. The van der Waals surface area contributed by atoms with Gasteiger partial charge >= 0.3 is 0 Å². The molecule has 0 radical (unpaired) electrons. The maximum Gasteiger partial charge on any atom is 0.133 e. The van der Waals surface area contributed by atoms with Crippen molar-refractivity contribution in [2.45, 2.75) is 51.1 Å². The number of hydrogen-bond donors (Lipinski definition) is 0. The highest BCUT2D eigenvalue weighted by atomic mass is 32.2. The summed E-state index contributed by atoms with van der Waals surface area (Å²) in [6, 6.07) is 1.32. The number of rotatable bonds is 5. The number of hydrogen-bond acceptors (Lipinski definition) is 3. The van der Waals surface area contributed by atoms with Gasteiger partial charge in [0.15, 0.2) is 0 Å². The Hall–Kier alpha value is -0.0200. The number of Topliss-reactive ketones (excluding diaryl/α,β-unsaturated/α-hetero) is 1. The quantitative estimate of drug-likeness (QED) is 0.722. The third kappa shape index (κ3) is 3.80. The average molecular weight is 229 g/mol. The predicted molar refractivity (Wildman–Crippen MR) is 67.5 cm³/mol. The highest BCUT2D eigenvalue weighted by Gasteiger charge is 2.25. The van der Waals surface area contributed by atoms with E-state index in [9.17, 15) is 4.79 Å². The van der Waals surface area contributed by atoms with E-state index in [2.05, 4.69) is 25.1 Å². The number of nitrogens with zero attached hydrogens (tertiary/aromatic N) is 1. The normalized spacial score (nSPS) is 20.9. The van der Waals surface area contributed by atoms with Gasteiger partial charge in [0, 0.05) is 30.7 Å². The summed E-state index contributed by atoms with van der Waals surface area (Å²) in [6.07, 6.45) is 7.11. The van der Waals surface area contributed by atoms with Crippen molar-refractivity contribution in [3.8, 4) is 0 Å². The van der Waals surface area contributed by atoms with Crippen molar-refractivity contribution in [3.05, 3.63) is 0 Å². The van der Waals surface area contributed by atoms with Gasteiger partial charge in [-0.2, -0.15) is 11.8 Å². The average Bonchev–Trinajstić information content (AvgIpc) is 2.26. The van der Waals surface area contributed by atoms with E-state index in [0.717, 1.165) is 25.7 Å². The Labute approximate surface area is 97.8 Å². The maximum atomic E-state index is 11.2. The van der Waals surface area contributed by atoms with Crippen molar-refractivity contribution in [1.29, 1.82) is 0 Å². The van der Waals surface area contributed by atoms with Gasteiger partial charge in [0.1, 0.15) is 5.78 Å². The first-order valence-corrected chi connectivity index (χ1v) is 7.31. The van der Waals surface area contributed by atoms with Crippen LogP contribution in [-0.2, 0) is 4.79 Å². The third-order valence-corrected chi connectivity index (χ3v) is 4.21. The molecule has 0 amide bonds. The van der Waals surface area contributed by atoms with Crippen LogP contribution < -0.4 is 0 Å². The van der Waals surface area contributed by atoms with Crippen molar-refractivity contribution in [2.75, 3.05) is 19.1 Å². The Kier molecular flexibility index (Phi) is 5.69. The van der Waals surface area contributed by atoms with E-state index in [1.54, 1.807) is 0 Å². The summed E-state index contributed by atoms with van der Waals surface area (Å²) in [4.78, 5) is 13.7. The smallest absolute Gasteiger partial charge is 0.133 e. The van der Waals surface area contributed by atoms with Crippen LogP contribution in [0.2, 0.25) is 0 Å². The van der Waals surface area contributed by atoms with E-state index in [1.807, 2.05) is 11.8 Å². The molecule has 15 heavy (non-hydrogen) atoms. The van der Waals surface area contributed by atoms with Crippen LogP contribution in [0, 0.1) is 0 Å². The molecule has 0 bridgehead atoms. The lowest BCUT2D eigenvalue weighted by Crippen LogP contribution is -2.43. The molecule has 1 saturated carbocycles. The molecule has 1 atom stereocenters. The Morgan fingerprint density at radius 1 is 1.47 bits per heavy atom. The fraction of sp³-hybridized carbons (Fsp3) is 0.917. The van der Waals surface area contributed by atoms with E-state index >= 15 is 0 Å². The molecule has 0 heterocycles. The second kappa shape index (κ2) is 6.54. The van der Waals surface area contributed by atoms with Crippen molar-refractivity contribution in [1.82, 2.24) is 4.90 Å². The molecule has 0 aromatic rings. The Morgan fingerprint density at radius 3 is 2.53 bits per heavy atom. The van der Waals surface area contributed by atoms with Gasteiger partial charge in [-0.15, -0.1) is 0 Å². The minimum atomic E-state index is 0.456. The van der Waals surface area contributed by atoms with Crippen molar-refractivity contribution >= 4 is 17.5 Å². The number of thioether (sulfide) groups is 1. The Morgan fingerprint density at radius 2 is 2.07 bits per heavy atom. The van der Waals surface area contributed by atoms with E-state index in [-0.39, 0.29) is 0 Å². The van der Waals surface area contributed by atoms with Gasteiger partial charge < -0.3 is 0 Å². The highest BCUT2D eigenvalue weighted by Crippen LogP contribution is 2.22. The maximum absolute atomic E-state index is 11.2. The monoisotopic (exact) mass is 229 g/mol. The van der Waals surface area contributed by atoms with Gasteiger partial charge in [0.25, 0.3) is 0 Å². The lowest BCUT2D eigenvalue weighted by atomic mass is 9.92. The molecule has 0 aromatic heterocycles. The zero-order valence-electron chi connectivity index (χ0n) is 10.2. The Balaban J connectivity index is 2.43. The molecule has 1 unspecified atom stereocenters. The minimum Gasteiger partial charge on any atom is -0.300 e. The molecule has 2 nitrogen and oxygen atoms in total. The fourth-order valence-corrected chi connectivity index (χ4v) is 3.20. The van der Waals surface area contributed by atoms with Crippen LogP contribution in [0.25, 0.3) is 0 Å². The first-order chi connectivity index (χ1) is 7.19. The topological polar surface area (TPSA) is 20.3 Å². The summed E-state index contributed by atoms with van der Waals surface area (Å²) in [6.45, 7) is 2.26. The molecule has 0 N–H and O–H groups in total. The van der Waals surface area contributed by atoms with Gasteiger partial charge in [-0.25, -0.2) is 0 Å². The lowest BCUT2D eigenvalue weighted by molar-refractivity contribution is -0.121. The molecule has 0 aliphatic heterocycles. The van der Waals surface area contributed by atoms with Crippen LogP contribution in [-0.4, -0.2) is 41.8 Å². The fourth-order valence-electron chi connectivity index (χ4n) is 2.35. The first kappa shape index (κ1) is 13.0. The SMILES string of the molecule is CCC(CSC)N(C)C1CCC(=O)CC1. The van der Waals surface area contributed by atoms with Gasteiger partial charge in [-0.3, -0.25) is 9.69 Å². The summed E-state index contributed by atoms with van der Waals surface area (Å²) in [5.74, 6) is 1.66. The molecule has 3 heteroatoms. The van der Waals surface area contributed by atoms with Crippen LogP contribution in [0.4, 0.5) is 0 Å². The van der Waals surface area contributed by atoms with Crippen molar-refractivity contribution in [3.63, 3.8) is 0 Å². The summed E-state index contributed by atoms with van der Waals surface area (Å²) in [5.41, 5.74) is 0. The molecule has 1 rings (SSSR count). The summed E-state index contributed by atoms with van der Waals surface area (Å²) < 4.78 is 0. The number of carbonyl (C=O) groups is 1. The second-order valence-electron chi connectivity index (χ2n) is 4.45.